The first-order valence-corrected chi connectivity index (χ1v) is 7.84. The highest BCUT2D eigenvalue weighted by Gasteiger charge is 2.39. The summed E-state index contributed by atoms with van der Waals surface area (Å²) >= 11 is 5.09. The zero-order valence-corrected chi connectivity index (χ0v) is 13.6. The van der Waals surface area contributed by atoms with Crippen LogP contribution in [0.25, 0.3) is 0 Å². The van der Waals surface area contributed by atoms with Gasteiger partial charge >= 0.3 is 0 Å². The largest absolute Gasteiger partial charge is 0.392 e. The molecule has 1 amide bonds. The van der Waals surface area contributed by atoms with Crippen LogP contribution < -0.4 is 5.73 Å². The van der Waals surface area contributed by atoms with E-state index in [1.54, 1.807) is 0 Å². The average Bonchev–Trinajstić information content (AvgIpc) is 2.44. The standard InChI is InChI=1S/C15H28N2OS/c1-5-11-7-9-12(10-8-11)17(4)14(18)15(3,6-2)13(16)19/h11-12H,5-10H2,1-4H3,(H2,16,19). The van der Waals surface area contributed by atoms with Crippen LogP contribution in [0, 0.1) is 11.3 Å². The van der Waals surface area contributed by atoms with Gasteiger partial charge in [-0.2, -0.15) is 0 Å². The number of rotatable bonds is 5. The number of amides is 1. The Hall–Kier alpha value is -0.640. The van der Waals surface area contributed by atoms with Gasteiger partial charge in [-0.3, -0.25) is 4.79 Å². The summed E-state index contributed by atoms with van der Waals surface area (Å²) in [7, 11) is 1.91. The molecule has 1 atom stereocenters. The maximum atomic E-state index is 12.6. The number of carbonyl (C=O) groups excluding carboxylic acids is 1. The molecule has 2 N–H and O–H groups in total. The van der Waals surface area contributed by atoms with Crippen LogP contribution in [0.1, 0.15) is 59.3 Å². The normalized spacial score (nSPS) is 26.5. The fourth-order valence-electron chi connectivity index (χ4n) is 2.93. The van der Waals surface area contributed by atoms with Crippen molar-refractivity contribution in [2.24, 2.45) is 17.1 Å². The second-order valence-corrected chi connectivity index (χ2v) is 6.49. The van der Waals surface area contributed by atoms with Gasteiger partial charge in [0.15, 0.2) is 0 Å². The molecule has 0 bridgehead atoms. The van der Waals surface area contributed by atoms with E-state index in [2.05, 4.69) is 6.92 Å². The summed E-state index contributed by atoms with van der Waals surface area (Å²) in [5.74, 6) is 0.926. The highest BCUT2D eigenvalue weighted by Crippen LogP contribution is 2.32. The van der Waals surface area contributed by atoms with Crippen LogP contribution in [0.2, 0.25) is 0 Å². The summed E-state index contributed by atoms with van der Waals surface area (Å²) < 4.78 is 0. The third-order valence-electron chi connectivity index (χ3n) is 4.98. The van der Waals surface area contributed by atoms with E-state index in [-0.39, 0.29) is 5.91 Å². The van der Waals surface area contributed by atoms with Crippen LogP contribution in [0.5, 0.6) is 0 Å². The Labute approximate surface area is 122 Å². The smallest absolute Gasteiger partial charge is 0.235 e. The van der Waals surface area contributed by atoms with Crippen LogP contribution in [0.4, 0.5) is 0 Å². The van der Waals surface area contributed by atoms with Crippen molar-refractivity contribution in [2.75, 3.05) is 7.05 Å². The van der Waals surface area contributed by atoms with Crippen molar-refractivity contribution in [1.82, 2.24) is 4.90 Å². The number of nitrogens with two attached hydrogens (primary N) is 1. The molecule has 0 spiro atoms. The lowest BCUT2D eigenvalue weighted by atomic mass is 9.81. The molecule has 4 heteroatoms. The highest BCUT2D eigenvalue weighted by atomic mass is 32.1. The van der Waals surface area contributed by atoms with E-state index in [1.807, 2.05) is 25.8 Å². The fraction of sp³-hybridized carbons (Fsp3) is 0.867. The molecule has 19 heavy (non-hydrogen) atoms. The summed E-state index contributed by atoms with van der Waals surface area (Å²) in [6.07, 6.45) is 6.60. The Kier molecular flexibility index (Phi) is 5.78. The van der Waals surface area contributed by atoms with Crippen molar-refractivity contribution >= 4 is 23.1 Å². The molecule has 1 unspecified atom stereocenters. The first kappa shape index (κ1) is 16.4. The van der Waals surface area contributed by atoms with Crippen molar-refractivity contribution in [3.63, 3.8) is 0 Å². The lowest BCUT2D eigenvalue weighted by Crippen LogP contribution is -2.51. The summed E-state index contributed by atoms with van der Waals surface area (Å²) in [5, 5.41) is 0. The molecule has 0 saturated heterocycles. The first-order valence-electron chi connectivity index (χ1n) is 7.43. The Morgan fingerprint density at radius 1 is 1.32 bits per heavy atom. The Morgan fingerprint density at radius 3 is 2.21 bits per heavy atom. The number of thiocarbonyl (C=S) groups is 1. The summed E-state index contributed by atoms with van der Waals surface area (Å²) in [6, 6.07) is 0.357. The van der Waals surface area contributed by atoms with E-state index < -0.39 is 5.41 Å². The zero-order valence-electron chi connectivity index (χ0n) is 12.7. The summed E-state index contributed by atoms with van der Waals surface area (Å²) in [4.78, 5) is 14.9. The van der Waals surface area contributed by atoms with E-state index in [0.29, 0.717) is 17.5 Å². The van der Waals surface area contributed by atoms with Crippen molar-refractivity contribution < 1.29 is 4.79 Å². The second kappa shape index (κ2) is 6.69. The van der Waals surface area contributed by atoms with Gasteiger partial charge in [0.1, 0.15) is 0 Å². The van der Waals surface area contributed by atoms with Crippen LogP contribution in [0.3, 0.4) is 0 Å². The van der Waals surface area contributed by atoms with Crippen LogP contribution in [0.15, 0.2) is 0 Å². The molecule has 0 radical (unpaired) electrons. The number of hydrogen-bond acceptors (Lipinski definition) is 2. The van der Waals surface area contributed by atoms with Gasteiger partial charge in [-0.1, -0.05) is 32.5 Å². The molecule has 1 aliphatic rings. The summed E-state index contributed by atoms with van der Waals surface area (Å²) in [6.45, 7) is 6.09. The SMILES string of the molecule is CCC1CCC(N(C)C(=O)C(C)(CC)C(N)=S)CC1. The van der Waals surface area contributed by atoms with Gasteiger partial charge in [0.25, 0.3) is 0 Å². The lowest BCUT2D eigenvalue weighted by Gasteiger charge is -2.39. The molecule has 0 aromatic rings. The molecule has 1 rings (SSSR count). The zero-order chi connectivity index (χ0) is 14.6. The van der Waals surface area contributed by atoms with Crippen LogP contribution >= 0.6 is 12.2 Å². The predicted octanol–water partition coefficient (Wildman–Crippen LogP) is 3.12. The molecule has 0 aliphatic heterocycles. The maximum absolute atomic E-state index is 12.6. The second-order valence-electron chi connectivity index (χ2n) is 6.05. The minimum atomic E-state index is -0.689. The minimum Gasteiger partial charge on any atom is -0.392 e. The van der Waals surface area contributed by atoms with Gasteiger partial charge in [0, 0.05) is 13.1 Å². The molecule has 3 nitrogen and oxygen atoms in total. The molecule has 1 saturated carbocycles. The topological polar surface area (TPSA) is 46.3 Å². The van der Waals surface area contributed by atoms with Crippen molar-refractivity contribution in [3.8, 4) is 0 Å². The Morgan fingerprint density at radius 2 is 1.84 bits per heavy atom. The maximum Gasteiger partial charge on any atom is 0.235 e. The van der Waals surface area contributed by atoms with Gasteiger partial charge in [-0.15, -0.1) is 0 Å². The van der Waals surface area contributed by atoms with Gasteiger partial charge in [0.2, 0.25) is 5.91 Å². The van der Waals surface area contributed by atoms with Crippen molar-refractivity contribution in [2.45, 2.75) is 65.3 Å². The highest BCUT2D eigenvalue weighted by molar-refractivity contribution is 7.80. The number of carbonyl (C=O) groups is 1. The third kappa shape index (κ3) is 3.47. The Balaban J connectivity index is 2.70. The predicted molar refractivity (Wildman–Crippen MR) is 84.0 cm³/mol. The van der Waals surface area contributed by atoms with Gasteiger partial charge < -0.3 is 10.6 Å². The molecule has 110 valence electrons. The monoisotopic (exact) mass is 284 g/mol. The van der Waals surface area contributed by atoms with Gasteiger partial charge in [-0.25, -0.2) is 0 Å². The van der Waals surface area contributed by atoms with E-state index in [1.165, 1.54) is 19.3 Å². The minimum absolute atomic E-state index is 0.0856. The number of nitrogens with zero attached hydrogens (tertiary/aromatic N) is 1. The quantitative estimate of drug-likeness (QED) is 0.789. The first-order chi connectivity index (χ1) is 8.86. The fourth-order valence-corrected chi connectivity index (χ4v) is 3.16. The van der Waals surface area contributed by atoms with Crippen molar-refractivity contribution in [1.29, 1.82) is 0 Å². The summed E-state index contributed by atoms with van der Waals surface area (Å²) in [5.41, 5.74) is 5.09. The number of hydrogen-bond donors (Lipinski definition) is 1. The molecule has 0 aromatic heterocycles. The van der Waals surface area contributed by atoms with Crippen LogP contribution in [-0.4, -0.2) is 28.9 Å². The third-order valence-corrected chi connectivity index (χ3v) is 5.44. The van der Waals surface area contributed by atoms with E-state index >= 15 is 0 Å². The molecule has 0 heterocycles. The molecule has 0 aromatic carbocycles. The van der Waals surface area contributed by atoms with E-state index in [4.69, 9.17) is 18.0 Å². The van der Waals surface area contributed by atoms with Gasteiger partial charge in [-0.05, 0) is 44.9 Å². The average molecular weight is 284 g/mol. The van der Waals surface area contributed by atoms with Crippen LogP contribution in [-0.2, 0) is 4.79 Å². The molecular weight excluding hydrogens is 256 g/mol. The lowest BCUT2D eigenvalue weighted by molar-refractivity contribution is -0.139. The van der Waals surface area contributed by atoms with Crippen molar-refractivity contribution in [3.05, 3.63) is 0 Å². The van der Waals surface area contributed by atoms with E-state index in [9.17, 15) is 4.79 Å². The van der Waals surface area contributed by atoms with Gasteiger partial charge in [0.05, 0.1) is 10.4 Å². The Bertz CT molecular complexity index is 337. The molecule has 1 aliphatic carbocycles. The molecule has 1 fully saturated rings. The molecular formula is C15H28N2OS. The van der Waals surface area contributed by atoms with E-state index in [0.717, 1.165) is 18.8 Å².